The van der Waals surface area contributed by atoms with Crippen LogP contribution in [0.2, 0.25) is 0 Å². The molecule has 0 spiro atoms. The van der Waals surface area contributed by atoms with Crippen LogP contribution in [0.1, 0.15) is 5.56 Å². The van der Waals surface area contributed by atoms with E-state index in [1.165, 1.54) is 12.4 Å². The summed E-state index contributed by atoms with van der Waals surface area (Å²) < 4.78 is 74.2. The Morgan fingerprint density at radius 2 is 1.86 bits per heavy atom. The molecule has 0 aliphatic carbocycles. The minimum Gasteiger partial charge on any atom is -0.487 e. The SMILES string of the molecule is FC(F)COc1ccc(-c2nc(-c3ccc4[nH]cnc4c3)no2)cc1C(F)(F)F. The van der Waals surface area contributed by atoms with Gasteiger partial charge in [-0.1, -0.05) is 5.16 Å². The van der Waals surface area contributed by atoms with E-state index in [0.717, 1.165) is 17.6 Å². The molecule has 0 aliphatic heterocycles. The number of fused-ring (bicyclic) bond motifs is 1. The van der Waals surface area contributed by atoms with Crippen molar-refractivity contribution in [3.05, 3.63) is 48.3 Å². The van der Waals surface area contributed by atoms with Crippen LogP contribution in [-0.2, 0) is 6.18 Å². The van der Waals surface area contributed by atoms with Crippen molar-refractivity contribution >= 4 is 11.0 Å². The summed E-state index contributed by atoms with van der Waals surface area (Å²) in [6.07, 6.45) is -6.20. The molecule has 4 aromatic rings. The van der Waals surface area contributed by atoms with Gasteiger partial charge < -0.3 is 14.2 Å². The normalized spacial score (nSPS) is 12.1. The highest BCUT2D eigenvalue weighted by molar-refractivity contribution is 5.80. The van der Waals surface area contributed by atoms with E-state index < -0.39 is 30.5 Å². The lowest BCUT2D eigenvalue weighted by molar-refractivity contribution is -0.139. The number of alkyl halides is 5. The van der Waals surface area contributed by atoms with Gasteiger partial charge in [-0.3, -0.25) is 0 Å². The molecule has 0 unspecified atom stereocenters. The first-order valence-corrected chi connectivity index (χ1v) is 8.21. The van der Waals surface area contributed by atoms with Crippen molar-refractivity contribution in [3.63, 3.8) is 0 Å². The topological polar surface area (TPSA) is 76.8 Å². The standard InChI is InChI=1S/C18H11F5N4O2/c19-15(20)7-28-14-4-2-10(5-11(14)18(21,22)23)17-26-16(27-29-17)9-1-3-12-13(6-9)25-8-24-12/h1-6,8,15H,7H2,(H,24,25). The zero-order chi connectivity index (χ0) is 20.6. The van der Waals surface area contributed by atoms with Crippen LogP contribution >= 0.6 is 0 Å². The summed E-state index contributed by atoms with van der Waals surface area (Å²) in [6.45, 7) is -1.15. The van der Waals surface area contributed by atoms with Gasteiger partial charge in [-0.25, -0.2) is 13.8 Å². The summed E-state index contributed by atoms with van der Waals surface area (Å²) in [7, 11) is 0. The number of rotatable bonds is 5. The molecular formula is C18H11F5N4O2. The second kappa shape index (κ2) is 7.15. The Bertz CT molecular complexity index is 1150. The van der Waals surface area contributed by atoms with E-state index in [2.05, 4.69) is 24.8 Å². The van der Waals surface area contributed by atoms with Crippen molar-refractivity contribution in [2.45, 2.75) is 12.6 Å². The number of H-pyrrole nitrogens is 1. The molecule has 11 heteroatoms. The van der Waals surface area contributed by atoms with Crippen LogP contribution in [0.15, 0.2) is 47.2 Å². The van der Waals surface area contributed by atoms with E-state index in [1.807, 2.05) is 0 Å². The highest BCUT2D eigenvalue weighted by Gasteiger charge is 2.35. The Balaban J connectivity index is 1.68. The van der Waals surface area contributed by atoms with Gasteiger partial charge in [-0.05, 0) is 36.4 Å². The molecular weight excluding hydrogens is 399 g/mol. The van der Waals surface area contributed by atoms with Gasteiger partial charge in [0.25, 0.3) is 12.3 Å². The predicted molar refractivity (Wildman–Crippen MR) is 91.3 cm³/mol. The summed E-state index contributed by atoms with van der Waals surface area (Å²) in [6, 6.07) is 8.05. The molecule has 2 heterocycles. The zero-order valence-electron chi connectivity index (χ0n) is 14.4. The van der Waals surface area contributed by atoms with Crippen LogP contribution in [-0.4, -0.2) is 33.1 Å². The number of halogens is 5. The summed E-state index contributed by atoms with van der Waals surface area (Å²) >= 11 is 0. The van der Waals surface area contributed by atoms with Crippen molar-refractivity contribution in [1.82, 2.24) is 20.1 Å². The van der Waals surface area contributed by atoms with E-state index in [9.17, 15) is 22.0 Å². The van der Waals surface area contributed by atoms with E-state index in [1.54, 1.807) is 18.2 Å². The van der Waals surface area contributed by atoms with Crippen molar-refractivity contribution in [1.29, 1.82) is 0 Å². The Morgan fingerprint density at radius 1 is 1.07 bits per heavy atom. The molecule has 0 fully saturated rings. The number of benzene rings is 2. The molecule has 1 N–H and O–H groups in total. The highest BCUT2D eigenvalue weighted by Crippen LogP contribution is 2.39. The lowest BCUT2D eigenvalue weighted by Crippen LogP contribution is -2.13. The molecule has 0 aliphatic rings. The van der Waals surface area contributed by atoms with Gasteiger partial charge in [0.2, 0.25) is 5.82 Å². The highest BCUT2D eigenvalue weighted by atomic mass is 19.4. The third kappa shape index (κ3) is 3.89. The molecule has 2 aromatic carbocycles. The predicted octanol–water partition coefficient (Wildman–Crippen LogP) is 4.94. The number of aromatic amines is 1. The molecule has 6 nitrogen and oxygen atoms in total. The number of nitrogens with one attached hydrogen (secondary N) is 1. The van der Waals surface area contributed by atoms with Gasteiger partial charge >= 0.3 is 6.18 Å². The largest absolute Gasteiger partial charge is 0.487 e. The quantitative estimate of drug-likeness (QED) is 0.472. The third-order valence-corrected chi connectivity index (χ3v) is 4.00. The maximum atomic E-state index is 13.3. The average Bonchev–Trinajstić information content (AvgIpc) is 3.34. The number of hydrogen-bond acceptors (Lipinski definition) is 5. The fraction of sp³-hybridized carbons (Fsp3) is 0.167. The molecule has 2 aromatic heterocycles. The number of imidazole rings is 1. The maximum absolute atomic E-state index is 13.3. The molecule has 4 rings (SSSR count). The summed E-state index contributed by atoms with van der Waals surface area (Å²) in [5.74, 6) is -0.699. The van der Waals surface area contributed by atoms with E-state index in [-0.39, 0.29) is 17.3 Å². The fourth-order valence-corrected chi connectivity index (χ4v) is 2.69. The van der Waals surface area contributed by atoms with Gasteiger partial charge in [0.1, 0.15) is 12.4 Å². The first-order chi connectivity index (χ1) is 13.8. The van der Waals surface area contributed by atoms with Crippen LogP contribution in [0.3, 0.4) is 0 Å². The molecule has 0 saturated carbocycles. The molecule has 150 valence electrons. The van der Waals surface area contributed by atoms with Crippen molar-refractivity contribution in [2.75, 3.05) is 6.61 Å². The fourth-order valence-electron chi connectivity index (χ4n) is 2.69. The Kier molecular flexibility index (Phi) is 4.65. The van der Waals surface area contributed by atoms with Gasteiger partial charge in [-0.2, -0.15) is 18.2 Å². The van der Waals surface area contributed by atoms with Crippen LogP contribution in [0, 0.1) is 0 Å². The first kappa shape index (κ1) is 18.8. The van der Waals surface area contributed by atoms with Crippen molar-refractivity contribution < 1.29 is 31.2 Å². The van der Waals surface area contributed by atoms with Crippen LogP contribution in [0.25, 0.3) is 33.9 Å². The smallest absolute Gasteiger partial charge is 0.419 e. The molecule has 0 amide bonds. The lowest BCUT2D eigenvalue weighted by atomic mass is 10.1. The van der Waals surface area contributed by atoms with Gasteiger partial charge in [0.15, 0.2) is 0 Å². The van der Waals surface area contributed by atoms with Gasteiger partial charge in [-0.15, -0.1) is 0 Å². The minimum absolute atomic E-state index is 0.0266. The zero-order valence-corrected chi connectivity index (χ0v) is 14.4. The maximum Gasteiger partial charge on any atom is 0.419 e. The average molecular weight is 410 g/mol. The van der Waals surface area contributed by atoms with E-state index in [4.69, 9.17) is 4.52 Å². The first-order valence-electron chi connectivity index (χ1n) is 8.21. The molecule has 0 radical (unpaired) electrons. The van der Waals surface area contributed by atoms with Crippen molar-refractivity contribution in [3.8, 4) is 28.6 Å². The monoisotopic (exact) mass is 410 g/mol. The van der Waals surface area contributed by atoms with Crippen LogP contribution in [0.5, 0.6) is 5.75 Å². The van der Waals surface area contributed by atoms with Gasteiger partial charge in [0, 0.05) is 11.1 Å². The molecule has 0 atom stereocenters. The number of aromatic nitrogens is 4. The number of ether oxygens (including phenoxy) is 1. The Morgan fingerprint density at radius 3 is 2.62 bits per heavy atom. The Labute approximate surface area is 159 Å². The second-order valence-electron chi connectivity index (χ2n) is 5.97. The number of hydrogen-bond donors (Lipinski definition) is 1. The Hall–Kier alpha value is -3.50. The minimum atomic E-state index is -4.82. The van der Waals surface area contributed by atoms with E-state index in [0.29, 0.717) is 11.1 Å². The third-order valence-electron chi connectivity index (χ3n) is 4.00. The summed E-state index contributed by atoms with van der Waals surface area (Å²) in [5.41, 5.74) is 0.780. The van der Waals surface area contributed by atoms with Crippen LogP contribution in [0.4, 0.5) is 22.0 Å². The van der Waals surface area contributed by atoms with Gasteiger partial charge in [0.05, 0.1) is 22.9 Å². The molecule has 0 bridgehead atoms. The lowest BCUT2D eigenvalue weighted by Gasteiger charge is -2.14. The molecule has 29 heavy (non-hydrogen) atoms. The van der Waals surface area contributed by atoms with Crippen molar-refractivity contribution in [2.24, 2.45) is 0 Å². The van der Waals surface area contributed by atoms with E-state index >= 15 is 0 Å². The van der Waals surface area contributed by atoms with Crippen LogP contribution < -0.4 is 4.74 Å². The number of nitrogens with zero attached hydrogens (tertiary/aromatic N) is 3. The second-order valence-corrected chi connectivity index (χ2v) is 5.97. The summed E-state index contributed by atoms with van der Waals surface area (Å²) in [5, 5.41) is 3.79. The molecule has 0 saturated heterocycles. The summed E-state index contributed by atoms with van der Waals surface area (Å²) in [4.78, 5) is 11.2.